The number of carbonyl (C=O) groups excluding carboxylic acids is 1. The average Bonchev–Trinajstić information content (AvgIpc) is 3.24. The van der Waals surface area contributed by atoms with E-state index >= 15 is 0 Å². The van der Waals surface area contributed by atoms with Gasteiger partial charge in [-0.1, -0.05) is 35.5 Å². The highest BCUT2D eigenvalue weighted by Gasteiger charge is 2.20. The van der Waals surface area contributed by atoms with Gasteiger partial charge >= 0.3 is 0 Å². The zero-order valence-electron chi connectivity index (χ0n) is 13.8. The van der Waals surface area contributed by atoms with Gasteiger partial charge in [-0.3, -0.25) is 9.48 Å². The number of halogens is 1. The zero-order chi connectivity index (χ0) is 16.9. The predicted molar refractivity (Wildman–Crippen MR) is 93.8 cm³/mol. The summed E-state index contributed by atoms with van der Waals surface area (Å²) in [6, 6.07) is 9.02. The molecule has 8 nitrogen and oxygen atoms in total. The van der Waals surface area contributed by atoms with Gasteiger partial charge in [0, 0.05) is 24.4 Å². The van der Waals surface area contributed by atoms with E-state index in [0.717, 1.165) is 11.1 Å². The maximum Gasteiger partial charge on any atom is 0.246 e. The first-order chi connectivity index (χ1) is 11.7. The lowest BCUT2D eigenvalue weighted by Gasteiger charge is -2.13. The first-order valence-electron chi connectivity index (χ1n) is 7.49. The molecule has 0 bridgehead atoms. The van der Waals surface area contributed by atoms with Gasteiger partial charge in [0.2, 0.25) is 17.6 Å². The van der Waals surface area contributed by atoms with Crippen LogP contribution in [0.25, 0.3) is 11.4 Å². The van der Waals surface area contributed by atoms with Gasteiger partial charge in [-0.15, -0.1) is 12.4 Å². The first-order valence-corrected chi connectivity index (χ1v) is 7.49. The highest BCUT2D eigenvalue weighted by molar-refractivity contribution is 5.85. The van der Waals surface area contributed by atoms with Crippen molar-refractivity contribution in [2.45, 2.75) is 12.6 Å². The Balaban J connectivity index is 0.00000225. The minimum Gasteiger partial charge on any atom is -0.345 e. The van der Waals surface area contributed by atoms with Gasteiger partial charge in [0.25, 0.3) is 0 Å². The van der Waals surface area contributed by atoms with Crippen LogP contribution in [-0.2, 0) is 18.4 Å². The lowest BCUT2D eigenvalue weighted by Crippen LogP contribution is -2.35. The summed E-state index contributed by atoms with van der Waals surface area (Å²) in [5.41, 5.74) is 1.65. The van der Waals surface area contributed by atoms with Crippen LogP contribution in [0.4, 0.5) is 0 Å². The largest absolute Gasteiger partial charge is 0.345 e. The summed E-state index contributed by atoms with van der Waals surface area (Å²) in [7, 11) is 3.52. The van der Waals surface area contributed by atoms with Crippen LogP contribution in [0, 0.1) is 0 Å². The van der Waals surface area contributed by atoms with Gasteiger partial charge in [-0.2, -0.15) is 10.1 Å². The normalized spacial score (nSPS) is 11.6. The molecule has 1 amide bonds. The van der Waals surface area contributed by atoms with E-state index < -0.39 is 6.04 Å². The molecule has 132 valence electrons. The minimum absolute atomic E-state index is 0. The number of hydrogen-bond donors (Lipinski definition) is 2. The van der Waals surface area contributed by atoms with Crippen molar-refractivity contribution in [3.8, 4) is 11.4 Å². The Kier molecular flexibility index (Phi) is 6.26. The van der Waals surface area contributed by atoms with Crippen LogP contribution < -0.4 is 10.6 Å². The molecule has 2 aromatic heterocycles. The van der Waals surface area contributed by atoms with E-state index in [1.807, 2.05) is 30.3 Å². The third kappa shape index (κ3) is 4.43. The summed E-state index contributed by atoms with van der Waals surface area (Å²) < 4.78 is 6.83. The van der Waals surface area contributed by atoms with Gasteiger partial charge in [-0.25, -0.2) is 0 Å². The Morgan fingerprint density at radius 1 is 1.32 bits per heavy atom. The Morgan fingerprint density at radius 3 is 2.72 bits per heavy atom. The third-order valence-corrected chi connectivity index (χ3v) is 3.52. The van der Waals surface area contributed by atoms with Gasteiger partial charge in [0.15, 0.2) is 0 Å². The lowest BCUT2D eigenvalue weighted by molar-refractivity contribution is -0.123. The van der Waals surface area contributed by atoms with Crippen molar-refractivity contribution in [2.75, 3.05) is 7.05 Å². The molecule has 3 rings (SSSR count). The van der Waals surface area contributed by atoms with Gasteiger partial charge in [0.1, 0.15) is 6.04 Å². The van der Waals surface area contributed by atoms with E-state index in [2.05, 4.69) is 25.9 Å². The Bertz CT molecular complexity index is 817. The number of rotatable bonds is 6. The molecule has 2 heterocycles. The molecule has 9 heteroatoms. The van der Waals surface area contributed by atoms with E-state index in [9.17, 15) is 4.79 Å². The Hall–Kier alpha value is -2.71. The minimum atomic E-state index is -0.491. The van der Waals surface area contributed by atoms with Crippen molar-refractivity contribution in [3.63, 3.8) is 0 Å². The third-order valence-electron chi connectivity index (χ3n) is 3.52. The van der Waals surface area contributed by atoms with Gasteiger partial charge < -0.3 is 15.2 Å². The molecule has 0 aliphatic rings. The van der Waals surface area contributed by atoms with Crippen molar-refractivity contribution < 1.29 is 9.32 Å². The molecule has 0 saturated heterocycles. The summed E-state index contributed by atoms with van der Waals surface area (Å²) in [4.78, 5) is 16.6. The van der Waals surface area contributed by atoms with Crippen LogP contribution in [0.15, 0.2) is 47.2 Å². The van der Waals surface area contributed by atoms with Crippen molar-refractivity contribution in [3.05, 3.63) is 54.2 Å². The second kappa shape index (κ2) is 8.41. The molecule has 0 aliphatic heterocycles. The highest BCUT2D eigenvalue weighted by Crippen LogP contribution is 2.15. The van der Waals surface area contributed by atoms with E-state index in [0.29, 0.717) is 11.7 Å². The van der Waals surface area contributed by atoms with Crippen molar-refractivity contribution in [1.82, 2.24) is 30.6 Å². The van der Waals surface area contributed by atoms with E-state index in [1.54, 1.807) is 31.2 Å². The number of aryl methyl sites for hydroxylation is 1. The van der Waals surface area contributed by atoms with Gasteiger partial charge in [0.05, 0.1) is 12.7 Å². The zero-order valence-corrected chi connectivity index (χ0v) is 14.7. The average molecular weight is 363 g/mol. The van der Waals surface area contributed by atoms with Crippen LogP contribution in [0.3, 0.4) is 0 Å². The highest BCUT2D eigenvalue weighted by atomic mass is 35.5. The molecule has 3 aromatic rings. The Labute approximate surface area is 151 Å². The topological polar surface area (TPSA) is 97.9 Å². The second-order valence-electron chi connectivity index (χ2n) is 5.26. The van der Waals surface area contributed by atoms with Crippen molar-refractivity contribution >= 4 is 18.3 Å². The molecule has 0 radical (unpaired) electrons. The van der Waals surface area contributed by atoms with Crippen LogP contribution in [0.2, 0.25) is 0 Å². The molecule has 2 N–H and O–H groups in total. The Morgan fingerprint density at radius 2 is 2.08 bits per heavy atom. The maximum atomic E-state index is 12.3. The fourth-order valence-corrected chi connectivity index (χ4v) is 2.33. The number of aromatic nitrogens is 4. The molecule has 0 fully saturated rings. The molecular weight excluding hydrogens is 344 g/mol. The van der Waals surface area contributed by atoms with Crippen molar-refractivity contribution in [2.24, 2.45) is 7.05 Å². The summed E-state index contributed by atoms with van der Waals surface area (Å²) in [6.45, 7) is 0.164. The summed E-state index contributed by atoms with van der Waals surface area (Å²) in [5.74, 6) is 0.658. The molecule has 0 spiro atoms. The molecule has 1 unspecified atom stereocenters. The summed E-state index contributed by atoms with van der Waals surface area (Å²) in [6.07, 6.45) is 3.45. The molecule has 1 aromatic carbocycles. The van der Waals surface area contributed by atoms with Crippen LogP contribution in [-0.4, -0.2) is 32.9 Å². The molecule has 0 saturated carbocycles. The smallest absolute Gasteiger partial charge is 0.246 e. The fourth-order valence-electron chi connectivity index (χ4n) is 2.33. The number of likely N-dealkylation sites (N-methyl/N-ethyl adjacent to an activating group) is 1. The molecular formula is C16H19ClN6O2. The predicted octanol–water partition coefficient (Wildman–Crippen LogP) is 1.47. The standard InChI is InChI=1S/C16H18N6O2.ClH/c1-17-14(12-8-19-22(2)10-12)16(23)18-9-13-20-15(21-24-13)11-6-4-3-5-7-11;/h3-8,10,14,17H,9H2,1-2H3,(H,18,23);1H. The monoisotopic (exact) mass is 362 g/mol. The molecule has 25 heavy (non-hydrogen) atoms. The SMILES string of the molecule is CNC(C(=O)NCc1nc(-c2ccccc2)no1)c1cnn(C)c1.Cl. The number of carbonyl (C=O) groups is 1. The number of nitrogens with one attached hydrogen (secondary N) is 2. The fraction of sp³-hybridized carbons (Fsp3) is 0.250. The summed E-state index contributed by atoms with van der Waals surface area (Å²) in [5, 5.41) is 13.8. The lowest BCUT2D eigenvalue weighted by atomic mass is 10.1. The number of amides is 1. The molecule has 1 atom stereocenters. The maximum absolute atomic E-state index is 12.3. The quantitative estimate of drug-likeness (QED) is 0.689. The van der Waals surface area contributed by atoms with Crippen LogP contribution >= 0.6 is 12.4 Å². The number of hydrogen-bond acceptors (Lipinski definition) is 6. The number of benzene rings is 1. The van der Waals surface area contributed by atoms with Crippen LogP contribution in [0.1, 0.15) is 17.5 Å². The number of nitrogens with zero attached hydrogens (tertiary/aromatic N) is 4. The second-order valence-corrected chi connectivity index (χ2v) is 5.26. The van der Waals surface area contributed by atoms with Gasteiger partial charge in [-0.05, 0) is 7.05 Å². The van der Waals surface area contributed by atoms with E-state index in [1.165, 1.54) is 0 Å². The van der Waals surface area contributed by atoms with E-state index in [-0.39, 0.29) is 24.9 Å². The molecule has 0 aliphatic carbocycles. The van der Waals surface area contributed by atoms with E-state index in [4.69, 9.17) is 4.52 Å². The first kappa shape index (κ1) is 18.6. The van der Waals surface area contributed by atoms with Crippen LogP contribution in [0.5, 0.6) is 0 Å². The summed E-state index contributed by atoms with van der Waals surface area (Å²) >= 11 is 0. The van der Waals surface area contributed by atoms with Crippen molar-refractivity contribution in [1.29, 1.82) is 0 Å².